The molecule has 0 bridgehead atoms. The normalized spacial score (nSPS) is 17.7. The summed E-state index contributed by atoms with van der Waals surface area (Å²) in [6.45, 7) is 9.80. The number of hydrogen-bond acceptors (Lipinski definition) is 4. The van der Waals surface area contributed by atoms with Crippen LogP contribution in [0.25, 0.3) is 0 Å². The van der Waals surface area contributed by atoms with Crippen LogP contribution in [0.4, 0.5) is 11.5 Å². The number of nitrogens with two attached hydrogens (primary N) is 1. The Kier molecular flexibility index (Phi) is 3.84. The highest BCUT2D eigenvalue weighted by Gasteiger charge is 2.18. The summed E-state index contributed by atoms with van der Waals surface area (Å²) in [7, 11) is 0. The second-order valence-corrected chi connectivity index (χ2v) is 4.92. The standard InChI is InChI=1S/C13H21N4/c1-11(2)10-16-5-7-17(8-6-16)13-4-3-12(14)9-15-13/h3-4,9H,5-8,10,14H2,1-2H3. The van der Waals surface area contributed by atoms with Crippen molar-refractivity contribution in [3.63, 3.8) is 0 Å². The largest absolute Gasteiger partial charge is 0.397 e. The molecular weight excluding hydrogens is 212 g/mol. The number of anilines is 2. The van der Waals surface area contributed by atoms with Crippen LogP contribution < -0.4 is 10.6 Å². The Morgan fingerprint density at radius 1 is 1.24 bits per heavy atom. The van der Waals surface area contributed by atoms with E-state index in [1.165, 1.54) is 5.92 Å². The minimum Gasteiger partial charge on any atom is -0.397 e. The molecule has 0 atom stereocenters. The minimum atomic E-state index is 0.726. The first kappa shape index (κ1) is 12.2. The van der Waals surface area contributed by atoms with E-state index in [0.717, 1.165) is 44.2 Å². The molecule has 2 N–H and O–H groups in total. The third-order valence-electron chi connectivity index (χ3n) is 3.01. The second-order valence-electron chi connectivity index (χ2n) is 4.92. The number of rotatable bonds is 3. The van der Waals surface area contributed by atoms with Gasteiger partial charge in [-0.05, 0) is 18.1 Å². The van der Waals surface area contributed by atoms with E-state index in [1.807, 2.05) is 12.1 Å². The molecular formula is C13H21N4. The molecule has 4 heteroatoms. The van der Waals surface area contributed by atoms with Crippen molar-refractivity contribution in [3.05, 3.63) is 24.2 Å². The quantitative estimate of drug-likeness (QED) is 0.857. The van der Waals surface area contributed by atoms with Crippen LogP contribution in [0.3, 0.4) is 0 Å². The molecule has 1 radical (unpaired) electrons. The van der Waals surface area contributed by atoms with Gasteiger partial charge in [-0.2, -0.15) is 0 Å². The Labute approximate surface area is 103 Å². The maximum atomic E-state index is 5.64. The zero-order chi connectivity index (χ0) is 12.3. The lowest BCUT2D eigenvalue weighted by molar-refractivity contribution is 0.267. The van der Waals surface area contributed by atoms with Crippen molar-refractivity contribution in [3.8, 4) is 0 Å². The topological polar surface area (TPSA) is 45.4 Å². The number of nitrogens with zero attached hydrogens (tertiary/aromatic N) is 3. The van der Waals surface area contributed by atoms with Gasteiger partial charge in [0.1, 0.15) is 5.82 Å². The van der Waals surface area contributed by atoms with Crippen LogP contribution in [0.2, 0.25) is 0 Å². The Bertz CT molecular complexity index is 339. The Balaban J connectivity index is 1.88. The lowest BCUT2D eigenvalue weighted by Gasteiger charge is -2.36. The molecule has 1 aromatic rings. The van der Waals surface area contributed by atoms with Crippen molar-refractivity contribution < 1.29 is 0 Å². The SMILES string of the molecule is C[C](C)CN1CCN(c2ccc(N)cn2)CC1. The summed E-state index contributed by atoms with van der Waals surface area (Å²) < 4.78 is 0. The van der Waals surface area contributed by atoms with Gasteiger partial charge in [0.05, 0.1) is 11.9 Å². The Morgan fingerprint density at radius 3 is 2.47 bits per heavy atom. The zero-order valence-electron chi connectivity index (χ0n) is 10.7. The van der Waals surface area contributed by atoms with Crippen LogP contribution in [0.15, 0.2) is 18.3 Å². The van der Waals surface area contributed by atoms with E-state index >= 15 is 0 Å². The summed E-state index contributed by atoms with van der Waals surface area (Å²) in [6.07, 6.45) is 1.73. The highest BCUT2D eigenvalue weighted by molar-refractivity contribution is 5.46. The maximum absolute atomic E-state index is 5.64. The van der Waals surface area contributed by atoms with Gasteiger partial charge in [-0.25, -0.2) is 4.98 Å². The lowest BCUT2D eigenvalue weighted by atomic mass is 10.2. The van der Waals surface area contributed by atoms with Crippen LogP contribution in [0.5, 0.6) is 0 Å². The van der Waals surface area contributed by atoms with E-state index in [9.17, 15) is 0 Å². The molecule has 0 amide bonds. The third kappa shape index (κ3) is 3.33. The van der Waals surface area contributed by atoms with Gasteiger partial charge in [0.15, 0.2) is 0 Å². The zero-order valence-corrected chi connectivity index (χ0v) is 10.7. The molecule has 0 aliphatic carbocycles. The van der Waals surface area contributed by atoms with Crippen molar-refractivity contribution in [2.75, 3.05) is 43.4 Å². The fourth-order valence-corrected chi connectivity index (χ4v) is 2.17. The van der Waals surface area contributed by atoms with Crippen molar-refractivity contribution in [1.29, 1.82) is 0 Å². The molecule has 1 saturated heterocycles. The van der Waals surface area contributed by atoms with Gasteiger partial charge in [0.25, 0.3) is 0 Å². The van der Waals surface area contributed by atoms with Gasteiger partial charge >= 0.3 is 0 Å². The van der Waals surface area contributed by atoms with Gasteiger partial charge in [-0.1, -0.05) is 13.8 Å². The molecule has 4 nitrogen and oxygen atoms in total. The molecule has 1 aliphatic rings. The number of nitrogen functional groups attached to an aromatic ring is 1. The average Bonchev–Trinajstić information content (AvgIpc) is 2.30. The highest BCUT2D eigenvalue weighted by Crippen LogP contribution is 2.15. The maximum Gasteiger partial charge on any atom is 0.128 e. The number of pyridine rings is 1. The Morgan fingerprint density at radius 2 is 1.94 bits per heavy atom. The molecule has 1 aromatic heterocycles. The Hall–Kier alpha value is -1.29. The summed E-state index contributed by atoms with van der Waals surface area (Å²) in [5, 5.41) is 0. The predicted molar refractivity (Wildman–Crippen MR) is 71.9 cm³/mol. The van der Waals surface area contributed by atoms with Crippen molar-refractivity contribution in [2.45, 2.75) is 13.8 Å². The highest BCUT2D eigenvalue weighted by atomic mass is 15.3. The molecule has 93 valence electrons. The van der Waals surface area contributed by atoms with Gasteiger partial charge in [0.2, 0.25) is 0 Å². The van der Waals surface area contributed by atoms with Crippen molar-refractivity contribution >= 4 is 11.5 Å². The lowest BCUT2D eigenvalue weighted by Crippen LogP contribution is -2.47. The molecule has 1 fully saturated rings. The second kappa shape index (κ2) is 5.36. The third-order valence-corrected chi connectivity index (χ3v) is 3.01. The first-order valence-electron chi connectivity index (χ1n) is 6.13. The smallest absolute Gasteiger partial charge is 0.128 e. The molecule has 2 heterocycles. The van der Waals surface area contributed by atoms with Crippen molar-refractivity contribution in [2.24, 2.45) is 0 Å². The fourth-order valence-electron chi connectivity index (χ4n) is 2.17. The summed E-state index contributed by atoms with van der Waals surface area (Å²) in [6, 6.07) is 3.92. The van der Waals surface area contributed by atoms with Crippen LogP contribution in [0, 0.1) is 5.92 Å². The van der Waals surface area contributed by atoms with E-state index in [2.05, 4.69) is 28.6 Å². The van der Waals surface area contributed by atoms with Gasteiger partial charge in [-0.15, -0.1) is 0 Å². The van der Waals surface area contributed by atoms with Crippen LogP contribution >= 0.6 is 0 Å². The molecule has 0 unspecified atom stereocenters. The van der Waals surface area contributed by atoms with Crippen molar-refractivity contribution in [1.82, 2.24) is 9.88 Å². The first-order chi connectivity index (χ1) is 8.15. The number of aromatic nitrogens is 1. The van der Waals surface area contributed by atoms with E-state index in [4.69, 9.17) is 5.73 Å². The van der Waals surface area contributed by atoms with Gasteiger partial charge < -0.3 is 10.6 Å². The molecule has 1 aliphatic heterocycles. The van der Waals surface area contributed by atoms with Gasteiger partial charge in [-0.3, -0.25) is 4.90 Å². The summed E-state index contributed by atoms with van der Waals surface area (Å²) in [5.74, 6) is 2.51. The first-order valence-corrected chi connectivity index (χ1v) is 6.13. The summed E-state index contributed by atoms with van der Waals surface area (Å²) in [5.41, 5.74) is 6.37. The van der Waals surface area contributed by atoms with Crippen LogP contribution in [0.1, 0.15) is 13.8 Å². The summed E-state index contributed by atoms with van der Waals surface area (Å²) in [4.78, 5) is 9.17. The van der Waals surface area contributed by atoms with Crippen LogP contribution in [-0.2, 0) is 0 Å². The summed E-state index contributed by atoms with van der Waals surface area (Å²) >= 11 is 0. The van der Waals surface area contributed by atoms with E-state index in [0.29, 0.717) is 0 Å². The van der Waals surface area contributed by atoms with Crippen LogP contribution in [-0.4, -0.2) is 42.6 Å². The monoisotopic (exact) mass is 233 g/mol. The molecule has 0 saturated carbocycles. The minimum absolute atomic E-state index is 0.726. The molecule has 0 spiro atoms. The predicted octanol–water partition coefficient (Wildman–Crippen LogP) is 1.40. The molecule has 17 heavy (non-hydrogen) atoms. The van der Waals surface area contributed by atoms with Gasteiger partial charge in [0, 0.05) is 32.7 Å². The number of hydrogen-bond donors (Lipinski definition) is 1. The van der Waals surface area contributed by atoms with E-state index in [1.54, 1.807) is 6.20 Å². The molecule has 0 aromatic carbocycles. The van der Waals surface area contributed by atoms with E-state index < -0.39 is 0 Å². The average molecular weight is 233 g/mol. The fraction of sp³-hybridized carbons (Fsp3) is 0.538. The number of piperazine rings is 1. The van der Waals surface area contributed by atoms with E-state index in [-0.39, 0.29) is 0 Å². The molecule has 2 rings (SSSR count).